The van der Waals surface area contributed by atoms with Gasteiger partial charge < -0.3 is 9.47 Å². The molecule has 0 aromatic heterocycles. The van der Waals surface area contributed by atoms with Crippen molar-refractivity contribution >= 4 is 23.5 Å². The summed E-state index contributed by atoms with van der Waals surface area (Å²) in [5.41, 5.74) is 0.820. The van der Waals surface area contributed by atoms with Gasteiger partial charge in [-0.2, -0.15) is 0 Å². The van der Waals surface area contributed by atoms with Crippen molar-refractivity contribution in [1.29, 1.82) is 0 Å². The van der Waals surface area contributed by atoms with Crippen LogP contribution < -0.4 is 9.47 Å². The fraction of sp³-hybridized carbons (Fsp3) is 0.0588. The fourth-order valence-electron chi connectivity index (χ4n) is 1.72. The number of carbonyl (C=O) groups excluding carboxylic acids is 2. The van der Waals surface area contributed by atoms with Gasteiger partial charge in [0, 0.05) is 6.92 Å². The van der Waals surface area contributed by atoms with Crippen molar-refractivity contribution in [2.24, 2.45) is 4.99 Å². The molecule has 0 saturated carbocycles. The minimum Gasteiger partial charge on any atom is -0.426 e. The van der Waals surface area contributed by atoms with Crippen LogP contribution in [-0.4, -0.2) is 17.8 Å². The lowest BCUT2D eigenvalue weighted by atomic mass is 10.2. The summed E-state index contributed by atoms with van der Waals surface area (Å²) in [5.74, 6) is 1.81. The minimum atomic E-state index is -0.614. The van der Waals surface area contributed by atoms with Crippen LogP contribution in [0.1, 0.15) is 17.3 Å². The Morgan fingerprint density at radius 2 is 1.73 bits per heavy atom. The highest BCUT2D eigenvalue weighted by atomic mass is 16.5. The predicted molar refractivity (Wildman–Crippen MR) is 81.9 cm³/mol. The van der Waals surface area contributed by atoms with E-state index in [1.54, 1.807) is 36.4 Å². The molecule has 0 unspecified atom stereocenters. The highest BCUT2D eigenvalue weighted by Gasteiger charge is 2.15. The molecule has 0 fully saturated rings. The fourth-order valence-corrected chi connectivity index (χ4v) is 1.72. The number of hydrogen-bond acceptors (Lipinski definition) is 5. The zero-order chi connectivity index (χ0) is 15.9. The third-order valence-electron chi connectivity index (χ3n) is 2.62. The highest BCUT2D eigenvalue weighted by molar-refractivity contribution is 5.94. The molecule has 5 heteroatoms. The van der Waals surface area contributed by atoms with Gasteiger partial charge in [-0.25, -0.2) is 9.79 Å². The molecule has 0 saturated heterocycles. The van der Waals surface area contributed by atoms with E-state index >= 15 is 0 Å². The molecule has 0 aliphatic carbocycles. The van der Waals surface area contributed by atoms with Crippen LogP contribution in [0, 0.1) is 0 Å². The van der Waals surface area contributed by atoms with Gasteiger partial charge in [-0.1, -0.05) is 12.1 Å². The minimum absolute atomic E-state index is 0.160. The van der Waals surface area contributed by atoms with Crippen molar-refractivity contribution in [2.45, 2.75) is 6.92 Å². The van der Waals surface area contributed by atoms with E-state index in [-0.39, 0.29) is 11.3 Å². The standard InChI is InChI=1S/C17H13NO4/c1-3-18-13-8-10-14(11-9-13)22-17(20)15-6-4-5-7-16(15)21-12(2)19/h4-11H,1H2,2H3. The molecule has 0 bridgehead atoms. The Morgan fingerprint density at radius 3 is 2.36 bits per heavy atom. The number of carbonyl (C=O) groups is 2. The zero-order valence-electron chi connectivity index (χ0n) is 11.9. The second kappa shape index (κ2) is 7.02. The van der Waals surface area contributed by atoms with Gasteiger partial charge in [0.05, 0.1) is 5.69 Å². The quantitative estimate of drug-likeness (QED) is 0.493. The Labute approximate surface area is 127 Å². The maximum atomic E-state index is 12.2. The summed E-state index contributed by atoms with van der Waals surface area (Å²) in [6, 6.07) is 12.9. The SMILES string of the molecule is C=C=Nc1ccc(OC(=O)c2ccccc2OC(C)=O)cc1. The van der Waals surface area contributed by atoms with Crippen LogP contribution in [0.4, 0.5) is 5.69 Å². The van der Waals surface area contributed by atoms with E-state index in [4.69, 9.17) is 9.47 Å². The monoisotopic (exact) mass is 295 g/mol. The number of esters is 2. The van der Waals surface area contributed by atoms with Gasteiger partial charge in [0.2, 0.25) is 0 Å². The molecule has 0 amide bonds. The molecule has 0 atom stereocenters. The summed E-state index contributed by atoms with van der Waals surface area (Å²) in [5, 5.41) is 0. The van der Waals surface area contributed by atoms with E-state index in [1.807, 2.05) is 0 Å². The maximum Gasteiger partial charge on any atom is 0.347 e. The molecular weight excluding hydrogens is 282 g/mol. The van der Waals surface area contributed by atoms with Crippen molar-refractivity contribution in [3.05, 3.63) is 60.7 Å². The summed E-state index contributed by atoms with van der Waals surface area (Å²) >= 11 is 0. The molecule has 0 spiro atoms. The molecule has 110 valence electrons. The van der Waals surface area contributed by atoms with Crippen molar-refractivity contribution in [1.82, 2.24) is 0 Å². The molecule has 2 aromatic rings. The van der Waals surface area contributed by atoms with Crippen molar-refractivity contribution < 1.29 is 19.1 Å². The first-order valence-electron chi connectivity index (χ1n) is 6.42. The topological polar surface area (TPSA) is 65.0 Å². The highest BCUT2D eigenvalue weighted by Crippen LogP contribution is 2.22. The van der Waals surface area contributed by atoms with E-state index in [0.717, 1.165) is 0 Å². The number of aliphatic imine (C=N–C) groups is 1. The summed E-state index contributed by atoms with van der Waals surface area (Å²) in [6.45, 7) is 4.65. The first-order chi connectivity index (χ1) is 10.6. The molecule has 2 aromatic carbocycles. The molecule has 5 nitrogen and oxygen atoms in total. The molecule has 0 aliphatic rings. The van der Waals surface area contributed by atoms with Crippen LogP contribution in [0.3, 0.4) is 0 Å². The van der Waals surface area contributed by atoms with Crippen LogP contribution in [0.15, 0.2) is 60.1 Å². The number of benzene rings is 2. The molecule has 2 rings (SSSR count). The smallest absolute Gasteiger partial charge is 0.347 e. The molecule has 0 aliphatic heterocycles. The van der Waals surface area contributed by atoms with E-state index in [1.165, 1.54) is 19.1 Å². The molecule has 0 radical (unpaired) electrons. The van der Waals surface area contributed by atoms with Gasteiger partial charge in [0.25, 0.3) is 0 Å². The van der Waals surface area contributed by atoms with Gasteiger partial charge in [0.15, 0.2) is 0 Å². The first-order valence-corrected chi connectivity index (χ1v) is 6.42. The van der Waals surface area contributed by atoms with Gasteiger partial charge in [-0.15, -0.1) is 0 Å². The van der Waals surface area contributed by atoms with Crippen LogP contribution in [0.25, 0.3) is 0 Å². The summed E-state index contributed by atoms with van der Waals surface area (Å²) < 4.78 is 10.2. The Balaban J connectivity index is 2.18. The summed E-state index contributed by atoms with van der Waals surface area (Å²) in [6.07, 6.45) is 0. The Bertz CT molecular complexity index is 744. The van der Waals surface area contributed by atoms with Gasteiger partial charge in [-0.05, 0) is 48.8 Å². The van der Waals surface area contributed by atoms with E-state index in [2.05, 4.69) is 17.4 Å². The number of nitrogens with zero attached hydrogens (tertiary/aromatic N) is 1. The molecule has 0 N–H and O–H groups in total. The lowest BCUT2D eigenvalue weighted by Crippen LogP contribution is -2.12. The second-order valence-corrected chi connectivity index (χ2v) is 4.24. The Hall–Kier alpha value is -3.17. The number of hydrogen-bond donors (Lipinski definition) is 0. The van der Waals surface area contributed by atoms with Crippen molar-refractivity contribution in [3.63, 3.8) is 0 Å². The predicted octanol–water partition coefficient (Wildman–Crippen LogP) is 3.32. The zero-order valence-corrected chi connectivity index (χ0v) is 11.9. The Morgan fingerprint density at radius 1 is 1.05 bits per heavy atom. The normalized spacial score (nSPS) is 9.50. The summed E-state index contributed by atoms with van der Waals surface area (Å²) in [4.78, 5) is 27.1. The second-order valence-electron chi connectivity index (χ2n) is 4.24. The van der Waals surface area contributed by atoms with Crippen molar-refractivity contribution in [3.8, 4) is 11.5 Å². The molecule has 0 heterocycles. The third-order valence-corrected chi connectivity index (χ3v) is 2.62. The van der Waals surface area contributed by atoms with E-state index in [9.17, 15) is 9.59 Å². The number of ether oxygens (including phenoxy) is 2. The number of rotatable bonds is 4. The lowest BCUT2D eigenvalue weighted by molar-refractivity contribution is -0.131. The van der Waals surface area contributed by atoms with Crippen LogP contribution in [0.2, 0.25) is 0 Å². The van der Waals surface area contributed by atoms with E-state index < -0.39 is 11.9 Å². The van der Waals surface area contributed by atoms with E-state index in [0.29, 0.717) is 11.4 Å². The largest absolute Gasteiger partial charge is 0.426 e. The summed E-state index contributed by atoms with van der Waals surface area (Å²) in [7, 11) is 0. The average molecular weight is 295 g/mol. The van der Waals surface area contributed by atoms with Crippen LogP contribution >= 0.6 is 0 Å². The first kappa shape index (κ1) is 15.2. The van der Waals surface area contributed by atoms with Gasteiger partial charge >= 0.3 is 11.9 Å². The molecular formula is C17H13NO4. The van der Waals surface area contributed by atoms with Crippen molar-refractivity contribution in [2.75, 3.05) is 0 Å². The number of para-hydroxylation sites is 1. The van der Waals surface area contributed by atoms with Crippen LogP contribution in [0.5, 0.6) is 11.5 Å². The average Bonchev–Trinajstić information content (AvgIpc) is 2.49. The third kappa shape index (κ3) is 3.91. The van der Waals surface area contributed by atoms with Crippen LogP contribution in [-0.2, 0) is 4.79 Å². The Kier molecular flexibility index (Phi) is 4.85. The van der Waals surface area contributed by atoms with Gasteiger partial charge in [-0.3, -0.25) is 4.79 Å². The lowest BCUT2D eigenvalue weighted by Gasteiger charge is -2.08. The van der Waals surface area contributed by atoms with Gasteiger partial charge in [0.1, 0.15) is 17.1 Å². The maximum absolute atomic E-state index is 12.2. The molecule has 22 heavy (non-hydrogen) atoms.